The summed E-state index contributed by atoms with van der Waals surface area (Å²) in [5.41, 5.74) is 4.70. The Morgan fingerprint density at radius 2 is 2.10 bits per heavy atom. The SMILES string of the molecule is C=CC(=O)N1CC[C@@](Nc2ccc3cc(C)cnc3c2)(c2c(C)cccc2Cl)C1. The molecule has 1 aliphatic rings. The van der Waals surface area contributed by atoms with Gasteiger partial charge in [-0.1, -0.05) is 36.4 Å². The topological polar surface area (TPSA) is 45.2 Å². The van der Waals surface area contributed by atoms with E-state index in [0.717, 1.165) is 39.7 Å². The number of carbonyl (C=O) groups is 1. The minimum atomic E-state index is -0.473. The molecular formula is C24H24ClN3O. The molecule has 1 saturated heterocycles. The molecule has 29 heavy (non-hydrogen) atoms. The number of hydrogen-bond acceptors (Lipinski definition) is 3. The summed E-state index contributed by atoms with van der Waals surface area (Å²) in [5, 5.41) is 5.53. The summed E-state index contributed by atoms with van der Waals surface area (Å²) in [6.07, 6.45) is 4.01. The van der Waals surface area contributed by atoms with Crippen molar-refractivity contribution in [1.82, 2.24) is 9.88 Å². The van der Waals surface area contributed by atoms with Crippen molar-refractivity contribution in [3.8, 4) is 0 Å². The van der Waals surface area contributed by atoms with E-state index in [1.807, 2.05) is 30.2 Å². The number of pyridine rings is 1. The minimum absolute atomic E-state index is 0.0611. The van der Waals surface area contributed by atoms with Gasteiger partial charge in [-0.05, 0) is 61.7 Å². The molecule has 148 valence electrons. The number of nitrogens with one attached hydrogen (secondary N) is 1. The number of likely N-dealkylation sites (tertiary alicyclic amines) is 1. The van der Waals surface area contributed by atoms with E-state index in [1.54, 1.807) is 0 Å². The van der Waals surface area contributed by atoms with Crippen LogP contribution in [-0.2, 0) is 10.3 Å². The van der Waals surface area contributed by atoms with Crippen LogP contribution < -0.4 is 5.32 Å². The quantitative estimate of drug-likeness (QED) is 0.604. The minimum Gasteiger partial charge on any atom is -0.374 e. The largest absolute Gasteiger partial charge is 0.374 e. The van der Waals surface area contributed by atoms with Crippen LogP contribution in [0, 0.1) is 13.8 Å². The highest BCUT2D eigenvalue weighted by Gasteiger charge is 2.43. The van der Waals surface area contributed by atoms with Gasteiger partial charge in [-0.3, -0.25) is 9.78 Å². The maximum absolute atomic E-state index is 12.3. The molecule has 4 nitrogen and oxygen atoms in total. The van der Waals surface area contributed by atoms with E-state index in [2.05, 4.69) is 54.1 Å². The molecule has 2 heterocycles. The molecule has 1 fully saturated rings. The van der Waals surface area contributed by atoms with Gasteiger partial charge in [0.15, 0.2) is 0 Å². The van der Waals surface area contributed by atoms with Gasteiger partial charge in [0.05, 0.1) is 11.1 Å². The molecule has 1 N–H and O–H groups in total. The molecule has 1 atom stereocenters. The van der Waals surface area contributed by atoms with Gasteiger partial charge in [-0.25, -0.2) is 0 Å². The van der Waals surface area contributed by atoms with Crippen LogP contribution in [0.15, 0.2) is 61.3 Å². The lowest BCUT2D eigenvalue weighted by molar-refractivity contribution is -0.125. The van der Waals surface area contributed by atoms with Gasteiger partial charge in [0, 0.05) is 40.9 Å². The van der Waals surface area contributed by atoms with E-state index in [1.165, 1.54) is 6.08 Å². The number of carbonyl (C=O) groups excluding carboxylic acids is 1. The van der Waals surface area contributed by atoms with Crippen LogP contribution in [0.4, 0.5) is 5.69 Å². The number of rotatable bonds is 4. The van der Waals surface area contributed by atoms with E-state index in [-0.39, 0.29) is 5.91 Å². The average Bonchev–Trinajstić information content (AvgIpc) is 3.12. The zero-order valence-corrected chi connectivity index (χ0v) is 17.5. The second-order valence-corrected chi connectivity index (χ2v) is 8.18. The Hall–Kier alpha value is -2.85. The summed E-state index contributed by atoms with van der Waals surface area (Å²) < 4.78 is 0. The number of benzene rings is 2. The van der Waals surface area contributed by atoms with Crippen molar-refractivity contribution in [3.63, 3.8) is 0 Å². The Balaban J connectivity index is 1.78. The molecule has 0 saturated carbocycles. The van der Waals surface area contributed by atoms with Crippen LogP contribution in [0.25, 0.3) is 10.9 Å². The third-order valence-electron chi connectivity index (χ3n) is 5.66. The molecule has 0 bridgehead atoms. The van der Waals surface area contributed by atoms with Gasteiger partial charge in [0.25, 0.3) is 0 Å². The molecule has 1 aromatic heterocycles. The van der Waals surface area contributed by atoms with Gasteiger partial charge in [0.2, 0.25) is 5.91 Å². The predicted octanol–water partition coefficient (Wildman–Crippen LogP) is 5.23. The summed E-state index contributed by atoms with van der Waals surface area (Å²) >= 11 is 6.66. The number of anilines is 1. The molecule has 1 amide bonds. The van der Waals surface area contributed by atoms with Gasteiger partial charge in [-0.15, -0.1) is 0 Å². The maximum atomic E-state index is 12.3. The fourth-order valence-electron chi connectivity index (χ4n) is 4.32. The van der Waals surface area contributed by atoms with E-state index < -0.39 is 5.54 Å². The van der Waals surface area contributed by atoms with Gasteiger partial charge >= 0.3 is 0 Å². The number of nitrogens with zero attached hydrogens (tertiary/aromatic N) is 2. The normalized spacial score (nSPS) is 18.8. The highest BCUT2D eigenvalue weighted by atomic mass is 35.5. The van der Waals surface area contributed by atoms with E-state index in [0.29, 0.717) is 18.1 Å². The molecule has 3 aromatic rings. The monoisotopic (exact) mass is 405 g/mol. The number of halogens is 1. The Bertz CT molecular complexity index is 1090. The van der Waals surface area contributed by atoms with Crippen molar-refractivity contribution in [1.29, 1.82) is 0 Å². The number of hydrogen-bond donors (Lipinski definition) is 1. The lowest BCUT2D eigenvalue weighted by atomic mass is 9.85. The van der Waals surface area contributed by atoms with Crippen LogP contribution >= 0.6 is 11.6 Å². The third kappa shape index (κ3) is 3.60. The zero-order valence-electron chi connectivity index (χ0n) is 16.7. The van der Waals surface area contributed by atoms with Gasteiger partial charge in [-0.2, -0.15) is 0 Å². The van der Waals surface area contributed by atoms with E-state index in [4.69, 9.17) is 11.6 Å². The number of fused-ring (bicyclic) bond motifs is 1. The number of aromatic nitrogens is 1. The Morgan fingerprint density at radius 3 is 2.86 bits per heavy atom. The second-order valence-electron chi connectivity index (χ2n) is 7.77. The zero-order chi connectivity index (χ0) is 20.6. The number of amides is 1. The molecule has 2 aromatic carbocycles. The summed E-state index contributed by atoms with van der Waals surface area (Å²) in [4.78, 5) is 18.7. The standard InChI is InChI=1S/C24H24ClN3O/c1-4-22(29)28-11-10-24(15-28,23-17(3)6-5-7-20(23)25)27-19-9-8-18-12-16(2)14-26-21(18)13-19/h4-9,12-14,27H,1,10-11,15H2,2-3H3/t24-/m0/s1. The first-order chi connectivity index (χ1) is 13.9. The Kier molecular flexibility index (Phi) is 5.05. The molecule has 0 aliphatic carbocycles. The van der Waals surface area contributed by atoms with Crippen molar-refractivity contribution in [2.24, 2.45) is 0 Å². The first-order valence-corrected chi connectivity index (χ1v) is 10.1. The van der Waals surface area contributed by atoms with Crippen LogP contribution in [0.2, 0.25) is 5.02 Å². The molecule has 0 spiro atoms. The summed E-state index contributed by atoms with van der Waals surface area (Å²) in [7, 11) is 0. The molecule has 5 heteroatoms. The van der Waals surface area contributed by atoms with Crippen LogP contribution in [-0.4, -0.2) is 28.9 Å². The third-order valence-corrected chi connectivity index (χ3v) is 5.98. The van der Waals surface area contributed by atoms with E-state index in [9.17, 15) is 4.79 Å². The summed E-state index contributed by atoms with van der Waals surface area (Å²) in [5.74, 6) is -0.0611. The van der Waals surface area contributed by atoms with E-state index >= 15 is 0 Å². The molecule has 4 rings (SSSR count). The van der Waals surface area contributed by atoms with Crippen molar-refractivity contribution >= 4 is 34.1 Å². The molecular weight excluding hydrogens is 382 g/mol. The lowest BCUT2D eigenvalue weighted by Crippen LogP contribution is -2.40. The molecule has 0 radical (unpaired) electrons. The second kappa shape index (κ2) is 7.53. The Morgan fingerprint density at radius 1 is 1.28 bits per heavy atom. The summed E-state index contributed by atoms with van der Waals surface area (Å²) in [6, 6.07) is 14.3. The van der Waals surface area contributed by atoms with Crippen LogP contribution in [0.1, 0.15) is 23.1 Å². The van der Waals surface area contributed by atoms with Crippen LogP contribution in [0.5, 0.6) is 0 Å². The Labute approximate surface area is 176 Å². The maximum Gasteiger partial charge on any atom is 0.246 e. The fourth-order valence-corrected chi connectivity index (χ4v) is 4.72. The highest BCUT2D eigenvalue weighted by Crippen LogP contribution is 2.41. The molecule has 0 unspecified atom stereocenters. The average molecular weight is 406 g/mol. The number of aryl methyl sites for hydroxylation is 2. The summed E-state index contributed by atoms with van der Waals surface area (Å²) in [6.45, 7) is 8.92. The van der Waals surface area contributed by atoms with Crippen molar-refractivity contribution in [2.75, 3.05) is 18.4 Å². The van der Waals surface area contributed by atoms with Gasteiger partial charge in [0.1, 0.15) is 0 Å². The van der Waals surface area contributed by atoms with Crippen molar-refractivity contribution in [3.05, 3.63) is 83.0 Å². The predicted molar refractivity (Wildman–Crippen MR) is 119 cm³/mol. The van der Waals surface area contributed by atoms with Crippen LogP contribution in [0.3, 0.4) is 0 Å². The molecule has 1 aliphatic heterocycles. The first kappa shape index (κ1) is 19.5. The van der Waals surface area contributed by atoms with Gasteiger partial charge < -0.3 is 10.2 Å². The van der Waals surface area contributed by atoms with Crippen molar-refractivity contribution in [2.45, 2.75) is 25.8 Å². The van der Waals surface area contributed by atoms with Crippen molar-refractivity contribution < 1.29 is 4.79 Å². The fraction of sp³-hybridized carbons (Fsp3) is 0.250. The lowest BCUT2D eigenvalue weighted by Gasteiger charge is -2.34. The highest BCUT2D eigenvalue weighted by molar-refractivity contribution is 6.31. The first-order valence-electron chi connectivity index (χ1n) is 9.73. The smallest absolute Gasteiger partial charge is 0.246 e.